The highest BCUT2D eigenvalue weighted by Crippen LogP contribution is 2.16. The number of hydrogen-bond donors (Lipinski definition) is 3. The number of aliphatic hydroxyl groups excluding tert-OH is 1. The summed E-state index contributed by atoms with van der Waals surface area (Å²) >= 11 is 5.79. The van der Waals surface area contributed by atoms with Gasteiger partial charge in [-0.2, -0.15) is 0 Å². The fraction of sp³-hybridized carbons (Fsp3) is 0.562. The van der Waals surface area contributed by atoms with Crippen LogP contribution in [0, 0.1) is 0 Å². The van der Waals surface area contributed by atoms with Crippen LogP contribution in [0.15, 0.2) is 24.3 Å². The molecule has 0 bridgehead atoms. The Morgan fingerprint density at radius 2 is 2.09 bits per heavy atom. The molecule has 1 aromatic rings. The zero-order chi connectivity index (χ0) is 15.8. The molecule has 1 saturated heterocycles. The molecule has 0 saturated carbocycles. The van der Waals surface area contributed by atoms with Crippen molar-refractivity contribution in [3.63, 3.8) is 0 Å². The molecule has 6 heteroatoms. The molecule has 1 fully saturated rings. The van der Waals surface area contributed by atoms with Gasteiger partial charge in [0.05, 0.1) is 12.2 Å². The van der Waals surface area contributed by atoms with E-state index in [0.29, 0.717) is 11.6 Å². The minimum atomic E-state index is -0.746. The lowest BCUT2D eigenvalue weighted by Gasteiger charge is -2.22. The normalized spacial score (nSPS) is 19.5. The number of benzene rings is 1. The first-order chi connectivity index (χ1) is 10.6. The maximum absolute atomic E-state index is 11.7. The van der Waals surface area contributed by atoms with Crippen molar-refractivity contribution in [3.05, 3.63) is 34.9 Å². The van der Waals surface area contributed by atoms with Crippen molar-refractivity contribution in [2.75, 3.05) is 19.7 Å². The first-order valence-electron chi connectivity index (χ1n) is 7.72. The van der Waals surface area contributed by atoms with Crippen molar-refractivity contribution in [2.24, 2.45) is 0 Å². The summed E-state index contributed by atoms with van der Waals surface area (Å²) < 4.78 is 5.60. The van der Waals surface area contributed by atoms with Crippen LogP contribution in [0.5, 0.6) is 0 Å². The zero-order valence-electron chi connectivity index (χ0n) is 12.6. The third kappa shape index (κ3) is 5.83. The Balaban J connectivity index is 1.61. The average molecular weight is 327 g/mol. The molecule has 5 nitrogen and oxygen atoms in total. The molecule has 1 aliphatic heterocycles. The maximum atomic E-state index is 11.7. The number of hydrogen-bond acceptors (Lipinski definition) is 3. The van der Waals surface area contributed by atoms with E-state index in [1.54, 1.807) is 24.3 Å². The first kappa shape index (κ1) is 17.1. The van der Waals surface area contributed by atoms with Crippen molar-refractivity contribution in [1.82, 2.24) is 10.6 Å². The van der Waals surface area contributed by atoms with Crippen LogP contribution in [0.1, 0.15) is 37.4 Å². The minimum absolute atomic E-state index is 0.160. The van der Waals surface area contributed by atoms with E-state index < -0.39 is 6.10 Å². The third-order valence-corrected chi connectivity index (χ3v) is 3.99. The van der Waals surface area contributed by atoms with Gasteiger partial charge >= 0.3 is 6.03 Å². The number of urea groups is 1. The molecule has 0 aromatic heterocycles. The van der Waals surface area contributed by atoms with Crippen LogP contribution in [0.2, 0.25) is 5.02 Å². The van der Waals surface area contributed by atoms with Crippen molar-refractivity contribution >= 4 is 17.6 Å². The molecule has 2 atom stereocenters. The molecule has 1 aliphatic rings. The van der Waals surface area contributed by atoms with E-state index in [4.69, 9.17) is 16.3 Å². The fourth-order valence-corrected chi connectivity index (χ4v) is 2.56. The van der Waals surface area contributed by atoms with E-state index in [9.17, 15) is 9.90 Å². The Morgan fingerprint density at radius 3 is 2.77 bits per heavy atom. The SMILES string of the molecule is O=C(NCCC1CCCCO1)NCC(O)c1ccc(Cl)cc1. The molecule has 2 amide bonds. The van der Waals surface area contributed by atoms with Crippen LogP contribution in [0.25, 0.3) is 0 Å². The lowest BCUT2D eigenvalue weighted by Crippen LogP contribution is -2.39. The second-order valence-electron chi connectivity index (χ2n) is 5.48. The van der Waals surface area contributed by atoms with Crippen LogP contribution in [-0.4, -0.2) is 36.9 Å². The molecule has 1 heterocycles. The van der Waals surface area contributed by atoms with Gasteiger partial charge in [-0.05, 0) is 43.4 Å². The third-order valence-electron chi connectivity index (χ3n) is 3.74. The van der Waals surface area contributed by atoms with Crippen LogP contribution < -0.4 is 10.6 Å². The van der Waals surface area contributed by atoms with Gasteiger partial charge in [-0.25, -0.2) is 4.79 Å². The quantitative estimate of drug-likeness (QED) is 0.752. The lowest BCUT2D eigenvalue weighted by atomic mass is 10.1. The summed E-state index contributed by atoms with van der Waals surface area (Å²) in [6.45, 7) is 1.56. The van der Waals surface area contributed by atoms with Gasteiger partial charge in [-0.1, -0.05) is 23.7 Å². The van der Waals surface area contributed by atoms with Gasteiger partial charge < -0.3 is 20.5 Å². The molecule has 0 radical (unpaired) electrons. The molecule has 0 aliphatic carbocycles. The van der Waals surface area contributed by atoms with E-state index in [-0.39, 0.29) is 18.7 Å². The molecule has 0 spiro atoms. The highest BCUT2D eigenvalue weighted by atomic mass is 35.5. The van der Waals surface area contributed by atoms with Crippen LogP contribution in [0.4, 0.5) is 4.79 Å². The lowest BCUT2D eigenvalue weighted by molar-refractivity contribution is 0.0120. The molecule has 1 aromatic carbocycles. The molecule has 3 N–H and O–H groups in total. The number of halogens is 1. The number of rotatable bonds is 6. The topological polar surface area (TPSA) is 70.6 Å². The van der Waals surface area contributed by atoms with Gasteiger partial charge in [0.25, 0.3) is 0 Å². The summed E-state index contributed by atoms with van der Waals surface area (Å²) in [5.74, 6) is 0. The largest absolute Gasteiger partial charge is 0.387 e. The minimum Gasteiger partial charge on any atom is -0.387 e. The predicted octanol–water partition coefficient (Wildman–Crippen LogP) is 2.63. The summed E-state index contributed by atoms with van der Waals surface area (Å²) in [5, 5.41) is 16.0. The van der Waals surface area contributed by atoms with Gasteiger partial charge in [0, 0.05) is 24.7 Å². The monoisotopic (exact) mass is 326 g/mol. The van der Waals surface area contributed by atoms with E-state index in [2.05, 4.69) is 10.6 Å². The van der Waals surface area contributed by atoms with E-state index in [1.807, 2.05) is 0 Å². The molecular formula is C16H23ClN2O3. The number of ether oxygens (including phenoxy) is 1. The summed E-state index contributed by atoms with van der Waals surface area (Å²) in [6, 6.07) is 6.64. The summed E-state index contributed by atoms with van der Waals surface area (Å²) in [4.78, 5) is 11.7. The van der Waals surface area contributed by atoms with Crippen molar-refractivity contribution < 1.29 is 14.6 Å². The van der Waals surface area contributed by atoms with Crippen molar-refractivity contribution in [1.29, 1.82) is 0 Å². The van der Waals surface area contributed by atoms with Gasteiger partial charge in [-0.15, -0.1) is 0 Å². The Bertz CT molecular complexity index is 461. The Morgan fingerprint density at radius 1 is 1.32 bits per heavy atom. The molecular weight excluding hydrogens is 304 g/mol. The van der Waals surface area contributed by atoms with E-state index in [0.717, 1.165) is 31.4 Å². The van der Waals surface area contributed by atoms with E-state index in [1.165, 1.54) is 6.42 Å². The van der Waals surface area contributed by atoms with Crippen LogP contribution in [-0.2, 0) is 4.74 Å². The first-order valence-corrected chi connectivity index (χ1v) is 8.10. The number of amides is 2. The second kappa shape index (κ2) is 8.98. The van der Waals surface area contributed by atoms with Crippen LogP contribution >= 0.6 is 11.6 Å². The number of nitrogens with one attached hydrogen (secondary N) is 2. The second-order valence-corrected chi connectivity index (χ2v) is 5.92. The predicted molar refractivity (Wildman–Crippen MR) is 86.0 cm³/mol. The zero-order valence-corrected chi connectivity index (χ0v) is 13.3. The number of carbonyl (C=O) groups is 1. The van der Waals surface area contributed by atoms with Crippen molar-refractivity contribution in [3.8, 4) is 0 Å². The standard InChI is InChI=1S/C16H23ClN2O3/c17-13-6-4-12(5-7-13)15(20)11-19-16(21)18-9-8-14-3-1-2-10-22-14/h4-7,14-15,20H,1-3,8-11H2,(H2,18,19,21). The highest BCUT2D eigenvalue weighted by molar-refractivity contribution is 6.30. The van der Waals surface area contributed by atoms with Gasteiger partial charge in [-0.3, -0.25) is 0 Å². The molecule has 2 rings (SSSR count). The average Bonchev–Trinajstić information content (AvgIpc) is 2.54. The van der Waals surface area contributed by atoms with Crippen LogP contribution in [0.3, 0.4) is 0 Å². The Hall–Kier alpha value is -1.30. The Kier molecular flexibility index (Phi) is 6.96. The van der Waals surface area contributed by atoms with Gasteiger partial charge in [0.15, 0.2) is 0 Å². The number of aliphatic hydroxyl groups is 1. The molecule has 2 unspecified atom stereocenters. The van der Waals surface area contributed by atoms with E-state index >= 15 is 0 Å². The molecule has 122 valence electrons. The summed E-state index contributed by atoms with van der Waals surface area (Å²) in [5.41, 5.74) is 0.723. The smallest absolute Gasteiger partial charge is 0.314 e. The Labute approximate surface area is 136 Å². The summed E-state index contributed by atoms with van der Waals surface area (Å²) in [7, 11) is 0. The van der Waals surface area contributed by atoms with Crippen molar-refractivity contribution in [2.45, 2.75) is 37.9 Å². The number of carbonyl (C=O) groups excluding carboxylic acids is 1. The maximum Gasteiger partial charge on any atom is 0.314 e. The van der Waals surface area contributed by atoms with Gasteiger partial charge in [0.1, 0.15) is 0 Å². The molecule has 22 heavy (non-hydrogen) atoms. The highest BCUT2D eigenvalue weighted by Gasteiger charge is 2.14. The summed E-state index contributed by atoms with van der Waals surface area (Å²) in [6.07, 6.45) is 3.74. The fourth-order valence-electron chi connectivity index (χ4n) is 2.44. The van der Waals surface area contributed by atoms with Gasteiger partial charge in [0.2, 0.25) is 0 Å².